The van der Waals surface area contributed by atoms with Crippen LogP contribution >= 0.6 is 0 Å². The van der Waals surface area contributed by atoms with Crippen molar-refractivity contribution in [3.05, 3.63) is 52.1 Å². The van der Waals surface area contributed by atoms with Gasteiger partial charge in [0.25, 0.3) is 5.91 Å². The van der Waals surface area contributed by atoms with Crippen LogP contribution in [-0.2, 0) is 20.7 Å². The summed E-state index contributed by atoms with van der Waals surface area (Å²) in [7, 11) is 1.30. The zero-order valence-corrected chi connectivity index (χ0v) is 28.7. The fourth-order valence-electron chi connectivity index (χ4n) is 5.54. The van der Waals surface area contributed by atoms with E-state index >= 15 is 0 Å². The Labute approximate surface area is 270 Å². The number of nitrogens with zero attached hydrogens (tertiary/aromatic N) is 1. The number of nitrogens with one attached hydrogen (secondary N) is 1. The number of ether oxygens (including phenoxy) is 2. The summed E-state index contributed by atoms with van der Waals surface area (Å²) in [5.41, 5.74) is 4.28. The van der Waals surface area contributed by atoms with Gasteiger partial charge in [0.1, 0.15) is 11.5 Å². The maximum atomic E-state index is 13.2. The number of aryl methyl sites for hydroxylation is 1. The van der Waals surface area contributed by atoms with E-state index < -0.39 is 5.97 Å². The Kier molecular flexibility index (Phi) is 16.5. The van der Waals surface area contributed by atoms with Crippen LogP contribution < -0.4 is 10.1 Å². The van der Waals surface area contributed by atoms with Crippen molar-refractivity contribution in [1.82, 2.24) is 4.90 Å². The third-order valence-corrected chi connectivity index (χ3v) is 8.23. The van der Waals surface area contributed by atoms with Gasteiger partial charge in [0, 0.05) is 31.3 Å². The second kappa shape index (κ2) is 19.8. The van der Waals surface area contributed by atoms with Crippen LogP contribution in [0.4, 0.5) is 5.69 Å². The van der Waals surface area contributed by atoms with Gasteiger partial charge in [0.05, 0.1) is 25.7 Å². The standard InChI is InChI=1S/C37H56N2O6/c1-8-11-12-13-14-15-16-17-20-45-29-24-30(26(4)5)31(33(25-29)38-34(40)18-19-35(41)44-7)22-28-21-27(6)36(42)32(23-28)37(43)39(9-2)10-3/h21,23-26,42H,8-20,22H2,1-7H3,(H,38,40). The summed E-state index contributed by atoms with van der Waals surface area (Å²) in [6.45, 7) is 13.7. The molecule has 2 aromatic carbocycles. The van der Waals surface area contributed by atoms with Gasteiger partial charge < -0.3 is 24.8 Å². The molecule has 0 radical (unpaired) electrons. The molecule has 0 aliphatic heterocycles. The van der Waals surface area contributed by atoms with Crippen molar-refractivity contribution in [3.8, 4) is 11.5 Å². The van der Waals surface area contributed by atoms with Gasteiger partial charge in [0.2, 0.25) is 5.91 Å². The summed E-state index contributed by atoms with van der Waals surface area (Å²) in [5, 5.41) is 13.8. The van der Waals surface area contributed by atoms with E-state index in [1.54, 1.807) is 17.9 Å². The maximum absolute atomic E-state index is 13.2. The molecule has 0 saturated carbocycles. The Bertz CT molecular complexity index is 1250. The number of benzene rings is 2. The summed E-state index contributed by atoms with van der Waals surface area (Å²) in [6.07, 6.45) is 10.1. The summed E-state index contributed by atoms with van der Waals surface area (Å²) in [5.74, 6) is -0.162. The summed E-state index contributed by atoms with van der Waals surface area (Å²) >= 11 is 0. The number of phenols is 1. The first-order valence-electron chi connectivity index (χ1n) is 16.8. The number of anilines is 1. The molecule has 2 rings (SSSR count). The van der Waals surface area contributed by atoms with Gasteiger partial charge >= 0.3 is 5.97 Å². The molecule has 0 spiro atoms. The Morgan fingerprint density at radius 2 is 1.53 bits per heavy atom. The number of amides is 2. The van der Waals surface area contributed by atoms with Gasteiger partial charge in [-0.05, 0) is 73.9 Å². The van der Waals surface area contributed by atoms with Gasteiger partial charge in [0.15, 0.2) is 0 Å². The number of carbonyl (C=O) groups is 3. The van der Waals surface area contributed by atoms with Crippen LogP contribution in [0.15, 0.2) is 24.3 Å². The second-order valence-corrected chi connectivity index (χ2v) is 12.1. The fraction of sp³-hybridized carbons (Fsp3) is 0.595. The quantitative estimate of drug-likeness (QED) is 0.113. The molecular formula is C37H56N2O6. The van der Waals surface area contributed by atoms with Crippen molar-refractivity contribution < 1.29 is 29.0 Å². The topological polar surface area (TPSA) is 105 Å². The minimum atomic E-state index is -0.444. The molecule has 0 aromatic heterocycles. The fourth-order valence-corrected chi connectivity index (χ4v) is 5.54. The minimum absolute atomic E-state index is 0.00664. The molecule has 2 N–H and O–H groups in total. The van der Waals surface area contributed by atoms with Gasteiger partial charge in [-0.2, -0.15) is 0 Å². The average molecular weight is 625 g/mol. The Morgan fingerprint density at radius 1 is 0.889 bits per heavy atom. The first-order chi connectivity index (χ1) is 21.6. The molecule has 45 heavy (non-hydrogen) atoms. The molecule has 2 amide bonds. The largest absolute Gasteiger partial charge is 0.507 e. The van der Waals surface area contributed by atoms with Crippen LogP contribution in [0.25, 0.3) is 0 Å². The highest BCUT2D eigenvalue weighted by atomic mass is 16.5. The molecule has 0 bridgehead atoms. The molecule has 0 aliphatic rings. The number of hydrogen-bond acceptors (Lipinski definition) is 6. The van der Waals surface area contributed by atoms with Crippen LogP contribution in [0, 0.1) is 6.92 Å². The number of esters is 1. The van der Waals surface area contributed by atoms with Crippen LogP contribution in [-0.4, -0.2) is 54.6 Å². The lowest BCUT2D eigenvalue weighted by Crippen LogP contribution is -2.30. The van der Waals surface area contributed by atoms with E-state index in [1.165, 1.54) is 45.6 Å². The molecule has 250 valence electrons. The summed E-state index contributed by atoms with van der Waals surface area (Å²) in [4.78, 5) is 39.6. The average Bonchev–Trinajstić information content (AvgIpc) is 3.01. The predicted molar refractivity (Wildman–Crippen MR) is 181 cm³/mol. The molecule has 8 heteroatoms. The number of hydrogen-bond donors (Lipinski definition) is 2. The highest BCUT2D eigenvalue weighted by molar-refractivity contribution is 5.97. The number of phenolic OH excluding ortho intramolecular Hbond substituents is 1. The maximum Gasteiger partial charge on any atom is 0.306 e. The predicted octanol–water partition coefficient (Wildman–Crippen LogP) is 8.31. The van der Waals surface area contributed by atoms with Crippen molar-refractivity contribution in [2.24, 2.45) is 0 Å². The molecule has 0 aliphatic carbocycles. The molecule has 0 saturated heterocycles. The SMILES string of the molecule is CCCCCCCCCCOc1cc(NC(=O)CCC(=O)OC)c(Cc2cc(C)c(O)c(C(=O)N(CC)CC)c2)c(C(C)C)c1. The van der Waals surface area contributed by atoms with Crippen molar-refractivity contribution in [3.63, 3.8) is 0 Å². The lowest BCUT2D eigenvalue weighted by atomic mass is 9.89. The van der Waals surface area contributed by atoms with Crippen molar-refractivity contribution in [2.45, 2.75) is 118 Å². The van der Waals surface area contributed by atoms with Crippen molar-refractivity contribution in [1.29, 1.82) is 0 Å². The lowest BCUT2D eigenvalue weighted by molar-refractivity contribution is -0.141. The van der Waals surface area contributed by atoms with Gasteiger partial charge in [-0.15, -0.1) is 0 Å². The van der Waals surface area contributed by atoms with Crippen molar-refractivity contribution >= 4 is 23.5 Å². The number of aromatic hydroxyl groups is 1. The highest BCUT2D eigenvalue weighted by Gasteiger charge is 2.22. The van der Waals surface area contributed by atoms with E-state index in [9.17, 15) is 19.5 Å². The highest BCUT2D eigenvalue weighted by Crippen LogP contribution is 2.35. The van der Waals surface area contributed by atoms with E-state index in [2.05, 4.69) is 26.1 Å². The molecule has 0 fully saturated rings. The molecule has 0 heterocycles. The van der Waals surface area contributed by atoms with Crippen LogP contribution in [0.1, 0.15) is 137 Å². The zero-order valence-electron chi connectivity index (χ0n) is 28.7. The van der Waals surface area contributed by atoms with E-state index in [0.717, 1.165) is 29.5 Å². The molecule has 8 nitrogen and oxygen atoms in total. The molecular weight excluding hydrogens is 568 g/mol. The monoisotopic (exact) mass is 624 g/mol. The van der Waals surface area contributed by atoms with Crippen LogP contribution in [0.5, 0.6) is 11.5 Å². The zero-order chi connectivity index (χ0) is 33.4. The third-order valence-electron chi connectivity index (χ3n) is 8.23. The smallest absolute Gasteiger partial charge is 0.306 e. The summed E-state index contributed by atoms with van der Waals surface area (Å²) < 4.78 is 10.9. The first kappa shape index (κ1) is 37.6. The molecule has 0 atom stereocenters. The molecule has 0 unspecified atom stereocenters. The third kappa shape index (κ3) is 12.0. The Balaban J connectivity index is 2.39. The molecule has 2 aromatic rings. The number of carbonyl (C=O) groups excluding carboxylic acids is 3. The second-order valence-electron chi connectivity index (χ2n) is 12.1. The van der Waals surface area contributed by atoms with Crippen LogP contribution in [0.3, 0.4) is 0 Å². The van der Waals surface area contributed by atoms with Crippen LogP contribution in [0.2, 0.25) is 0 Å². The van der Waals surface area contributed by atoms with Gasteiger partial charge in [-0.25, -0.2) is 0 Å². The Hall–Kier alpha value is -3.55. The number of unbranched alkanes of at least 4 members (excludes halogenated alkanes) is 7. The first-order valence-corrected chi connectivity index (χ1v) is 16.8. The normalized spacial score (nSPS) is 11.0. The van der Waals surface area contributed by atoms with Gasteiger partial charge in [-0.3, -0.25) is 14.4 Å². The lowest BCUT2D eigenvalue weighted by Gasteiger charge is -2.22. The van der Waals surface area contributed by atoms with E-state index in [4.69, 9.17) is 9.47 Å². The van der Waals surface area contributed by atoms with Gasteiger partial charge in [-0.1, -0.05) is 71.8 Å². The minimum Gasteiger partial charge on any atom is -0.507 e. The number of rotatable bonds is 20. The summed E-state index contributed by atoms with van der Waals surface area (Å²) in [6, 6.07) is 7.54. The number of methoxy groups -OCH3 is 1. The van der Waals surface area contributed by atoms with E-state index in [-0.39, 0.29) is 41.9 Å². The Morgan fingerprint density at radius 3 is 2.13 bits per heavy atom. The van der Waals surface area contributed by atoms with E-state index in [1.807, 2.05) is 32.0 Å². The van der Waals surface area contributed by atoms with E-state index in [0.29, 0.717) is 43.1 Å². The van der Waals surface area contributed by atoms with Crippen molar-refractivity contribution in [2.75, 3.05) is 32.1 Å².